The second-order valence-corrected chi connectivity index (χ2v) is 9.70. The van der Waals surface area contributed by atoms with Crippen LogP contribution in [0.1, 0.15) is 27.9 Å². The Kier molecular flexibility index (Phi) is 5.95. The number of carbonyl (C=O) groups is 2. The molecule has 5 rings (SSSR count). The minimum atomic E-state index is -0.186. The lowest BCUT2D eigenvalue weighted by Gasteiger charge is -2.03. The lowest BCUT2D eigenvalue weighted by molar-refractivity contribution is -0.114. The third-order valence-corrected chi connectivity index (χ3v) is 7.14. The molecule has 0 bridgehead atoms. The number of thiophene rings is 1. The van der Waals surface area contributed by atoms with E-state index in [1.807, 2.05) is 65.5 Å². The molecule has 7 nitrogen and oxygen atoms in total. The zero-order chi connectivity index (χ0) is 23.7. The van der Waals surface area contributed by atoms with Gasteiger partial charge >= 0.3 is 0 Å². The molecule has 0 saturated carbocycles. The van der Waals surface area contributed by atoms with Crippen LogP contribution in [-0.2, 0) is 11.3 Å². The van der Waals surface area contributed by atoms with Gasteiger partial charge in [0.25, 0.3) is 5.91 Å². The van der Waals surface area contributed by atoms with Crippen molar-refractivity contribution in [2.24, 2.45) is 0 Å². The minimum absolute atomic E-state index is 0.115. The van der Waals surface area contributed by atoms with Crippen LogP contribution in [0.5, 0.6) is 0 Å². The second kappa shape index (κ2) is 9.20. The number of nitrogens with one attached hydrogen (secondary N) is 2. The molecule has 0 aliphatic rings. The van der Waals surface area contributed by atoms with Crippen LogP contribution in [0.2, 0.25) is 0 Å². The number of fused-ring (bicyclic) bond motifs is 1. The summed E-state index contributed by atoms with van der Waals surface area (Å²) in [6.07, 6.45) is 0. The van der Waals surface area contributed by atoms with Crippen LogP contribution in [0.25, 0.3) is 21.5 Å². The highest BCUT2D eigenvalue weighted by Gasteiger charge is 2.18. The number of amides is 2. The van der Waals surface area contributed by atoms with Crippen molar-refractivity contribution in [3.05, 3.63) is 82.2 Å². The molecule has 0 aliphatic carbocycles. The van der Waals surface area contributed by atoms with Crippen molar-refractivity contribution in [3.63, 3.8) is 0 Å². The number of benzene rings is 2. The zero-order valence-corrected chi connectivity index (χ0v) is 20.2. The number of aryl methyl sites for hydroxylation is 1. The van der Waals surface area contributed by atoms with Gasteiger partial charge in [0.05, 0.1) is 22.8 Å². The predicted molar refractivity (Wildman–Crippen MR) is 138 cm³/mol. The molecule has 0 radical (unpaired) electrons. The smallest absolute Gasteiger partial charge is 0.267 e. The molecule has 0 spiro atoms. The highest BCUT2D eigenvalue weighted by Crippen LogP contribution is 2.31. The summed E-state index contributed by atoms with van der Waals surface area (Å²) in [5.41, 5.74) is 4.46. The van der Waals surface area contributed by atoms with Crippen molar-refractivity contribution in [2.75, 3.05) is 10.6 Å². The number of anilines is 2. The summed E-state index contributed by atoms with van der Waals surface area (Å²) in [6, 6.07) is 19.5. The first-order valence-corrected chi connectivity index (χ1v) is 12.3. The predicted octanol–water partition coefficient (Wildman–Crippen LogP) is 5.79. The molecule has 170 valence electrons. The Bertz CT molecular complexity index is 1480. The number of thiazole rings is 1. The van der Waals surface area contributed by atoms with Gasteiger partial charge in [-0.2, -0.15) is 5.10 Å². The largest absolute Gasteiger partial charge is 0.326 e. The highest BCUT2D eigenvalue weighted by molar-refractivity contribution is 7.20. The molecule has 2 N–H and O–H groups in total. The fourth-order valence-corrected chi connectivity index (χ4v) is 5.41. The second-order valence-electron chi connectivity index (χ2n) is 7.81. The number of hydrogen-bond donors (Lipinski definition) is 2. The summed E-state index contributed by atoms with van der Waals surface area (Å²) in [7, 11) is 0. The lowest BCUT2D eigenvalue weighted by atomic mass is 10.1. The summed E-state index contributed by atoms with van der Waals surface area (Å²) >= 11 is 2.81. The number of nitrogens with zero attached hydrogens (tertiary/aromatic N) is 3. The van der Waals surface area contributed by atoms with E-state index in [0.29, 0.717) is 16.6 Å². The molecule has 5 aromatic rings. The molecule has 2 aromatic carbocycles. The van der Waals surface area contributed by atoms with Crippen molar-refractivity contribution < 1.29 is 9.59 Å². The first-order valence-electron chi connectivity index (χ1n) is 10.6. The molecular formula is C25H21N5O2S2. The number of aromatic nitrogens is 3. The lowest BCUT2D eigenvalue weighted by Crippen LogP contribution is -2.10. The van der Waals surface area contributed by atoms with E-state index < -0.39 is 0 Å². The average Bonchev–Trinajstić information content (AvgIpc) is 3.53. The van der Waals surface area contributed by atoms with Gasteiger partial charge in [-0.3, -0.25) is 19.6 Å². The van der Waals surface area contributed by atoms with Gasteiger partial charge in [0.2, 0.25) is 5.91 Å². The summed E-state index contributed by atoms with van der Waals surface area (Å²) < 4.78 is 1.95. The SMILES string of the molecule is CC(=O)Nc1ccc(-c2csc(NC(=O)c3cc4c(C)nn(Cc5ccccc5)c4s3)n2)cc1. The highest BCUT2D eigenvalue weighted by atomic mass is 32.1. The van der Waals surface area contributed by atoms with Gasteiger partial charge in [-0.1, -0.05) is 42.5 Å². The van der Waals surface area contributed by atoms with Gasteiger partial charge in [0, 0.05) is 28.9 Å². The monoisotopic (exact) mass is 487 g/mol. The van der Waals surface area contributed by atoms with Gasteiger partial charge in [-0.25, -0.2) is 4.98 Å². The standard InChI is InChI=1S/C25H21N5O2S2/c1-15-20-12-22(34-24(20)30(29-15)13-17-6-4-3-5-7-17)23(32)28-25-27-21(14-33-25)18-8-10-19(11-9-18)26-16(2)31/h3-12,14H,13H2,1-2H3,(H,26,31)(H,27,28,32). The summed E-state index contributed by atoms with van der Waals surface area (Å²) in [5.74, 6) is -0.302. The van der Waals surface area contributed by atoms with Crippen molar-refractivity contribution in [3.8, 4) is 11.3 Å². The fraction of sp³-hybridized carbons (Fsp3) is 0.120. The van der Waals surface area contributed by atoms with Crippen LogP contribution in [0.4, 0.5) is 10.8 Å². The fourth-order valence-electron chi connectivity index (χ4n) is 3.64. The Labute approximate surface area is 204 Å². The Morgan fingerprint density at radius 1 is 1.03 bits per heavy atom. The summed E-state index contributed by atoms with van der Waals surface area (Å²) in [5, 5.41) is 13.7. The number of rotatable bonds is 6. The van der Waals surface area contributed by atoms with Gasteiger partial charge in [-0.15, -0.1) is 22.7 Å². The summed E-state index contributed by atoms with van der Waals surface area (Å²) in [6.45, 7) is 4.09. The Morgan fingerprint density at radius 2 is 1.79 bits per heavy atom. The molecular weight excluding hydrogens is 466 g/mol. The number of carbonyl (C=O) groups excluding carboxylic acids is 2. The maximum Gasteiger partial charge on any atom is 0.267 e. The van der Waals surface area contributed by atoms with Crippen molar-refractivity contribution in [2.45, 2.75) is 20.4 Å². The van der Waals surface area contributed by atoms with Crippen molar-refractivity contribution in [1.29, 1.82) is 0 Å². The molecule has 3 heterocycles. The van der Waals surface area contributed by atoms with Gasteiger partial charge in [0.1, 0.15) is 4.83 Å². The van der Waals surface area contributed by atoms with Crippen molar-refractivity contribution in [1.82, 2.24) is 14.8 Å². The average molecular weight is 488 g/mol. The van der Waals surface area contributed by atoms with E-state index in [4.69, 9.17) is 0 Å². The molecule has 0 fully saturated rings. The van der Waals surface area contributed by atoms with E-state index in [-0.39, 0.29) is 11.8 Å². The third-order valence-electron chi connectivity index (χ3n) is 5.23. The van der Waals surface area contributed by atoms with Gasteiger partial charge < -0.3 is 5.32 Å². The van der Waals surface area contributed by atoms with E-state index in [0.717, 1.165) is 38.4 Å². The molecule has 34 heavy (non-hydrogen) atoms. The molecule has 0 saturated heterocycles. The zero-order valence-electron chi connectivity index (χ0n) is 18.5. The molecule has 9 heteroatoms. The minimum Gasteiger partial charge on any atom is -0.326 e. The first kappa shape index (κ1) is 22.0. The van der Waals surface area contributed by atoms with Crippen LogP contribution in [0, 0.1) is 6.92 Å². The van der Waals surface area contributed by atoms with Crippen LogP contribution >= 0.6 is 22.7 Å². The Morgan fingerprint density at radius 3 is 2.53 bits per heavy atom. The topological polar surface area (TPSA) is 88.9 Å². The molecule has 0 unspecified atom stereocenters. The molecule has 0 aliphatic heterocycles. The van der Waals surface area contributed by atoms with Crippen LogP contribution in [0.3, 0.4) is 0 Å². The van der Waals surface area contributed by atoms with E-state index in [9.17, 15) is 9.59 Å². The van der Waals surface area contributed by atoms with E-state index in [2.05, 4.69) is 32.8 Å². The number of hydrogen-bond acceptors (Lipinski definition) is 6. The Balaban J connectivity index is 1.32. The van der Waals surface area contributed by atoms with Crippen LogP contribution < -0.4 is 10.6 Å². The van der Waals surface area contributed by atoms with E-state index >= 15 is 0 Å². The van der Waals surface area contributed by atoms with E-state index in [1.165, 1.54) is 29.6 Å². The van der Waals surface area contributed by atoms with Crippen LogP contribution in [-0.4, -0.2) is 26.6 Å². The molecule has 3 aromatic heterocycles. The normalized spacial score (nSPS) is 11.0. The molecule has 2 amide bonds. The quantitative estimate of drug-likeness (QED) is 0.317. The Hall–Kier alpha value is -3.82. The van der Waals surface area contributed by atoms with Crippen LogP contribution in [0.15, 0.2) is 66.0 Å². The third kappa shape index (κ3) is 4.61. The van der Waals surface area contributed by atoms with Crippen molar-refractivity contribution >= 4 is 55.5 Å². The van der Waals surface area contributed by atoms with Gasteiger partial charge in [0.15, 0.2) is 5.13 Å². The first-order chi connectivity index (χ1) is 16.5. The van der Waals surface area contributed by atoms with Gasteiger partial charge in [-0.05, 0) is 30.7 Å². The van der Waals surface area contributed by atoms with E-state index in [1.54, 1.807) is 0 Å². The maximum absolute atomic E-state index is 13.0. The summed E-state index contributed by atoms with van der Waals surface area (Å²) in [4.78, 5) is 30.3. The maximum atomic E-state index is 13.0. The molecule has 0 atom stereocenters.